The van der Waals surface area contributed by atoms with Crippen LogP contribution in [-0.2, 0) is 21.5 Å². The van der Waals surface area contributed by atoms with Crippen molar-refractivity contribution >= 4 is 27.7 Å². The smallest absolute Gasteiger partial charge is 0.282 e. The van der Waals surface area contributed by atoms with Crippen molar-refractivity contribution in [2.75, 3.05) is 32.7 Å². The minimum Gasteiger partial charge on any atom is -0.342 e. The highest BCUT2D eigenvalue weighted by Gasteiger charge is 2.36. The predicted octanol–water partition coefficient (Wildman–Crippen LogP) is 1.71. The number of carbonyl (C=O) groups excluding carboxylic acids is 1. The Morgan fingerprint density at radius 1 is 1.00 bits per heavy atom. The molecule has 3 rings (SSSR count). The summed E-state index contributed by atoms with van der Waals surface area (Å²) in [5, 5.41) is 0.554. The first-order valence-electron chi connectivity index (χ1n) is 8.25. The molecule has 24 heavy (non-hydrogen) atoms. The Hall–Kier alpha value is -1.15. The molecule has 0 N–H and O–H groups in total. The van der Waals surface area contributed by atoms with Crippen LogP contribution in [0.4, 0.5) is 0 Å². The SMILES string of the molecule is O=C(CN1CCCN(Cc2ccccc2Cl)S1(=O)=O)N1CCCC1. The van der Waals surface area contributed by atoms with Crippen molar-refractivity contribution in [2.45, 2.75) is 25.8 Å². The van der Waals surface area contributed by atoms with Gasteiger partial charge in [-0.25, -0.2) is 0 Å². The molecule has 6 nitrogen and oxygen atoms in total. The van der Waals surface area contributed by atoms with E-state index in [1.165, 1.54) is 8.61 Å². The van der Waals surface area contributed by atoms with Crippen LogP contribution in [-0.4, -0.2) is 60.6 Å². The number of nitrogens with zero attached hydrogens (tertiary/aromatic N) is 3. The van der Waals surface area contributed by atoms with E-state index >= 15 is 0 Å². The first-order valence-corrected chi connectivity index (χ1v) is 10.0. The number of benzene rings is 1. The fraction of sp³-hybridized carbons (Fsp3) is 0.562. The Bertz CT molecular complexity index is 704. The van der Waals surface area contributed by atoms with Crippen molar-refractivity contribution in [3.63, 3.8) is 0 Å². The van der Waals surface area contributed by atoms with E-state index in [9.17, 15) is 13.2 Å². The maximum atomic E-state index is 12.8. The van der Waals surface area contributed by atoms with Gasteiger partial charge in [-0.1, -0.05) is 29.8 Å². The van der Waals surface area contributed by atoms with Crippen LogP contribution < -0.4 is 0 Å². The fourth-order valence-electron chi connectivity index (χ4n) is 3.17. The van der Waals surface area contributed by atoms with E-state index in [0.717, 1.165) is 31.5 Å². The molecule has 0 aromatic heterocycles. The predicted molar refractivity (Wildman–Crippen MR) is 92.8 cm³/mol. The lowest BCUT2D eigenvalue weighted by molar-refractivity contribution is -0.130. The summed E-state index contributed by atoms with van der Waals surface area (Å²) in [6.07, 6.45) is 2.70. The minimum atomic E-state index is -3.64. The van der Waals surface area contributed by atoms with Gasteiger partial charge < -0.3 is 4.90 Å². The van der Waals surface area contributed by atoms with Crippen molar-refractivity contribution in [1.82, 2.24) is 13.5 Å². The van der Waals surface area contributed by atoms with Crippen LogP contribution in [0.1, 0.15) is 24.8 Å². The highest BCUT2D eigenvalue weighted by atomic mass is 35.5. The fourth-order valence-corrected chi connectivity index (χ4v) is 4.99. The second kappa shape index (κ2) is 7.39. The molecule has 1 aromatic rings. The van der Waals surface area contributed by atoms with Crippen LogP contribution in [0, 0.1) is 0 Å². The molecule has 2 saturated heterocycles. The van der Waals surface area contributed by atoms with Crippen molar-refractivity contribution in [1.29, 1.82) is 0 Å². The number of halogens is 1. The molecular formula is C16H22ClN3O3S. The normalized spacial score (nSPS) is 22.0. The summed E-state index contributed by atoms with van der Waals surface area (Å²) in [4.78, 5) is 14.1. The second-order valence-corrected chi connectivity index (χ2v) is 8.54. The highest BCUT2D eigenvalue weighted by Crippen LogP contribution is 2.23. The molecule has 2 fully saturated rings. The highest BCUT2D eigenvalue weighted by molar-refractivity contribution is 7.86. The van der Waals surface area contributed by atoms with Gasteiger partial charge in [0.05, 0.1) is 6.54 Å². The molecule has 2 aliphatic heterocycles. The standard InChI is InChI=1S/C16H22ClN3O3S/c17-15-7-2-1-6-14(15)12-19-10-5-11-20(24(19,22)23)13-16(21)18-8-3-4-9-18/h1-2,6-7H,3-5,8-13H2. The minimum absolute atomic E-state index is 0.0681. The van der Waals surface area contributed by atoms with Gasteiger partial charge >= 0.3 is 0 Å². The van der Waals surface area contributed by atoms with E-state index in [1.54, 1.807) is 11.0 Å². The molecule has 0 spiro atoms. The maximum Gasteiger partial charge on any atom is 0.282 e. The first-order chi connectivity index (χ1) is 11.5. The quantitative estimate of drug-likeness (QED) is 0.809. The zero-order valence-electron chi connectivity index (χ0n) is 13.5. The van der Waals surface area contributed by atoms with Crippen LogP contribution in [0.25, 0.3) is 0 Å². The van der Waals surface area contributed by atoms with Gasteiger partial charge in [-0.15, -0.1) is 0 Å². The summed E-state index contributed by atoms with van der Waals surface area (Å²) in [6.45, 7) is 2.47. The third kappa shape index (κ3) is 3.74. The Morgan fingerprint density at radius 2 is 1.67 bits per heavy atom. The lowest BCUT2D eigenvalue weighted by Gasteiger charge is -2.35. The monoisotopic (exact) mass is 371 g/mol. The van der Waals surface area contributed by atoms with Gasteiger partial charge in [-0.3, -0.25) is 4.79 Å². The Morgan fingerprint density at radius 3 is 2.38 bits per heavy atom. The summed E-state index contributed by atoms with van der Waals surface area (Å²) in [6, 6.07) is 7.23. The third-order valence-electron chi connectivity index (χ3n) is 4.54. The van der Waals surface area contributed by atoms with E-state index in [0.29, 0.717) is 24.5 Å². The zero-order chi connectivity index (χ0) is 17.2. The molecule has 0 saturated carbocycles. The number of amides is 1. The van der Waals surface area contributed by atoms with E-state index in [1.807, 2.05) is 18.2 Å². The van der Waals surface area contributed by atoms with Crippen LogP contribution in [0.2, 0.25) is 5.02 Å². The Labute approximate surface area is 148 Å². The molecule has 0 radical (unpaired) electrons. The molecule has 2 heterocycles. The number of likely N-dealkylation sites (tertiary alicyclic amines) is 1. The maximum absolute atomic E-state index is 12.8. The largest absolute Gasteiger partial charge is 0.342 e. The van der Waals surface area contributed by atoms with Gasteiger partial charge in [0.15, 0.2) is 0 Å². The topological polar surface area (TPSA) is 60.9 Å². The van der Waals surface area contributed by atoms with E-state index < -0.39 is 10.2 Å². The molecule has 0 unspecified atom stereocenters. The van der Waals surface area contributed by atoms with Crippen LogP contribution in [0.5, 0.6) is 0 Å². The van der Waals surface area contributed by atoms with Gasteiger partial charge in [0, 0.05) is 37.7 Å². The first kappa shape index (κ1) is 17.7. The summed E-state index contributed by atoms with van der Waals surface area (Å²) in [5.41, 5.74) is 0.774. The molecule has 1 aromatic carbocycles. The summed E-state index contributed by atoms with van der Waals surface area (Å²) in [5.74, 6) is -0.101. The summed E-state index contributed by atoms with van der Waals surface area (Å²) < 4.78 is 28.3. The Balaban J connectivity index is 1.71. The lowest BCUT2D eigenvalue weighted by Crippen LogP contribution is -2.52. The number of rotatable bonds is 4. The van der Waals surface area contributed by atoms with E-state index in [4.69, 9.17) is 11.6 Å². The van der Waals surface area contributed by atoms with Crippen LogP contribution in [0.3, 0.4) is 0 Å². The van der Waals surface area contributed by atoms with Crippen molar-refractivity contribution in [2.24, 2.45) is 0 Å². The second-order valence-electron chi connectivity index (χ2n) is 6.21. The van der Waals surface area contributed by atoms with Gasteiger partial charge in [0.1, 0.15) is 0 Å². The van der Waals surface area contributed by atoms with E-state index in [-0.39, 0.29) is 19.0 Å². The van der Waals surface area contributed by atoms with Crippen LogP contribution >= 0.6 is 11.6 Å². The number of hydrogen-bond donors (Lipinski definition) is 0. The average molecular weight is 372 g/mol. The van der Waals surface area contributed by atoms with Gasteiger partial charge in [-0.05, 0) is 30.9 Å². The van der Waals surface area contributed by atoms with Crippen molar-refractivity contribution < 1.29 is 13.2 Å². The van der Waals surface area contributed by atoms with Gasteiger partial charge in [-0.2, -0.15) is 17.0 Å². The van der Waals surface area contributed by atoms with Gasteiger partial charge in [0.2, 0.25) is 5.91 Å². The average Bonchev–Trinajstić information content (AvgIpc) is 3.08. The van der Waals surface area contributed by atoms with E-state index in [2.05, 4.69) is 0 Å². The molecule has 8 heteroatoms. The number of hydrogen-bond acceptors (Lipinski definition) is 3. The Kier molecular flexibility index (Phi) is 5.44. The molecule has 2 aliphatic rings. The molecule has 0 atom stereocenters. The lowest BCUT2D eigenvalue weighted by atomic mass is 10.2. The molecule has 0 aliphatic carbocycles. The molecule has 132 valence electrons. The molecule has 0 bridgehead atoms. The van der Waals surface area contributed by atoms with Crippen molar-refractivity contribution in [3.05, 3.63) is 34.9 Å². The van der Waals surface area contributed by atoms with Crippen molar-refractivity contribution in [3.8, 4) is 0 Å². The zero-order valence-corrected chi connectivity index (χ0v) is 15.1. The molecule has 1 amide bonds. The summed E-state index contributed by atoms with van der Waals surface area (Å²) >= 11 is 6.15. The van der Waals surface area contributed by atoms with Crippen LogP contribution in [0.15, 0.2) is 24.3 Å². The van der Waals surface area contributed by atoms with Gasteiger partial charge in [0.25, 0.3) is 10.2 Å². The molecular weight excluding hydrogens is 350 g/mol. The summed E-state index contributed by atoms with van der Waals surface area (Å²) in [7, 11) is -3.64. The number of carbonyl (C=O) groups is 1. The third-order valence-corrected chi connectivity index (χ3v) is 6.84.